The van der Waals surface area contributed by atoms with E-state index in [1.165, 1.54) is 6.07 Å². The number of fused-ring (bicyclic) bond motifs is 1. The molecule has 2 aliphatic rings. The molecule has 0 bridgehead atoms. The number of hydrogen-bond donors (Lipinski definition) is 1. The minimum Gasteiger partial charge on any atom is -0.502 e. The van der Waals surface area contributed by atoms with Crippen LogP contribution in [0.4, 0.5) is 0 Å². The Morgan fingerprint density at radius 2 is 2.08 bits per heavy atom. The van der Waals surface area contributed by atoms with Gasteiger partial charge in [-0.15, -0.1) is 0 Å². The number of hydrogen-bond acceptors (Lipinski definition) is 7. The SMILES string of the molecule is C=C1C[C@H](C[C@@]2(C)O[C@@H]2COc2ccc3ccc(=O)oc3c2O)OC1=O. The summed E-state index contributed by atoms with van der Waals surface area (Å²) < 4.78 is 21.6. The van der Waals surface area contributed by atoms with Gasteiger partial charge in [-0.1, -0.05) is 6.58 Å². The van der Waals surface area contributed by atoms with Gasteiger partial charge in [-0.25, -0.2) is 9.59 Å². The number of carbonyl (C=O) groups is 1. The Morgan fingerprint density at radius 1 is 1.31 bits per heavy atom. The maximum Gasteiger partial charge on any atom is 0.336 e. The molecule has 2 aromatic rings. The molecule has 3 atom stereocenters. The van der Waals surface area contributed by atoms with Crippen LogP contribution < -0.4 is 10.4 Å². The first-order valence-corrected chi connectivity index (χ1v) is 8.31. The standard InChI is InChI=1S/C19H18O7/c1-10-7-12(24-18(10)22)8-19(2)14(26-19)9-23-13-5-3-11-4-6-15(20)25-17(11)16(13)21/h3-6,12,14,21H,1,7-9H2,2H3/t12-,14-,19-/m1/s1. The fraction of sp³-hybridized carbons (Fsp3) is 0.368. The molecule has 0 saturated carbocycles. The monoisotopic (exact) mass is 358 g/mol. The van der Waals surface area contributed by atoms with Crippen LogP contribution in [-0.2, 0) is 14.3 Å². The summed E-state index contributed by atoms with van der Waals surface area (Å²) in [6, 6.07) is 6.17. The van der Waals surface area contributed by atoms with Gasteiger partial charge in [-0.05, 0) is 25.1 Å². The molecular weight excluding hydrogens is 340 g/mol. The van der Waals surface area contributed by atoms with Gasteiger partial charge in [-0.3, -0.25) is 0 Å². The zero-order valence-corrected chi connectivity index (χ0v) is 14.2. The van der Waals surface area contributed by atoms with Crippen molar-refractivity contribution in [2.45, 2.75) is 37.6 Å². The molecule has 2 fully saturated rings. The Kier molecular flexibility index (Phi) is 3.77. The number of ether oxygens (including phenoxy) is 3. The molecule has 0 aliphatic carbocycles. The highest BCUT2D eigenvalue weighted by molar-refractivity contribution is 5.89. The molecule has 2 aliphatic heterocycles. The third-order valence-electron chi connectivity index (χ3n) is 4.82. The van der Waals surface area contributed by atoms with E-state index in [0.717, 1.165) is 0 Å². The lowest BCUT2D eigenvalue weighted by molar-refractivity contribution is -0.139. The Balaban J connectivity index is 1.40. The highest BCUT2D eigenvalue weighted by atomic mass is 16.6. The van der Waals surface area contributed by atoms with Crippen molar-refractivity contribution in [3.8, 4) is 11.5 Å². The fourth-order valence-corrected chi connectivity index (χ4v) is 3.26. The molecule has 3 heterocycles. The summed E-state index contributed by atoms with van der Waals surface area (Å²) >= 11 is 0. The van der Waals surface area contributed by atoms with Crippen LogP contribution in [0.15, 0.2) is 45.6 Å². The molecule has 1 N–H and O–H groups in total. The van der Waals surface area contributed by atoms with Crippen LogP contribution in [0.25, 0.3) is 11.0 Å². The van der Waals surface area contributed by atoms with E-state index in [4.69, 9.17) is 18.6 Å². The predicted octanol–water partition coefficient (Wildman–Crippen LogP) is 2.30. The number of esters is 1. The number of aromatic hydroxyl groups is 1. The summed E-state index contributed by atoms with van der Waals surface area (Å²) in [7, 11) is 0. The van der Waals surface area contributed by atoms with Crippen molar-refractivity contribution < 1.29 is 28.5 Å². The first-order chi connectivity index (χ1) is 12.4. The van der Waals surface area contributed by atoms with Crippen molar-refractivity contribution in [2.75, 3.05) is 6.61 Å². The summed E-state index contributed by atoms with van der Waals surface area (Å²) in [5.74, 6) is -0.358. The topological polar surface area (TPSA) is 98.5 Å². The number of epoxide rings is 1. The van der Waals surface area contributed by atoms with Gasteiger partial charge in [0.25, 0.3) is 0 Å². The van der Waals surface area contributed by atoms with Gasteiger partial charge < -0.3 is 23.7 Å². The van der Waals surface area contributed by atoms with E-state index < -0.39 is 11.2 Å². The van der Waals surface area contributed by atoms with E-state index in [0.29, 0.717) is 23.8 Å². The van der Waals surface area contributed by atoms with Crippen LogP contribution in [0.2, 0.25) is 0 Å². The minimum absolute atomic E-state index is 0.0888. The normalized spacial score (nSPS) is 27.6. The maximum absolute atomic E-state index is 11.4. The van der Waals surface area contributed by atoms with E-state index >= 15 is 0 Å². The number of benzene rings is 1. The van der Waals surface area contributed by atoms with Gasteiger partial charge in [0.2, 0.25) is 5.75 Å². The third-order valence-corrected chi connectivity index (χ3v) is 4.82. The lowest BCUT2D eigenvalue weighted by Gasteiger charge is -2.13. The van der Waals surface area contributed by atoms with Crippen LogP contribution in [0.1, 0.15) is 19.8 Å². The summed E-state index contributed by atoms with van der Waals surface area (Å²) in [4.78, 5) is 22.7. The van der Waals surface area contributed by atoms with E-state index in [2.05, 4.69) is 6.58 Å². The molecule has 7 nitrogen and oxygen atoms in total. The van der Waals surface area contributed by atoms with E-state index in [1.54, 1.807) is 18.2 Å². The molecule has 136 valence electrons. The lowest BCUT2D eigenvalue weighted by atomic mass is 9.98. The molecule has 4 rings (SSSR count). The molecule has 0 unspecified atom stereocenters. The van der Waals surface area contributed by atoms with Crippen LogP contribution in [0.3, 0.4) is 0 Å². The van der Waals surface area contributed by atoms with E-state index in [9.17, 15) is 14.7 Å². The molecule has 26 heavy (non-hydrogen) atoms. The molecule has 1 aromatic carbocycles. The zero-order chi connectivity index (χ0) is 18.5. The number of carbonyl (C=O) groups excluding carboxylic acids is 1. The Bertz CT molecular complexity index is 944. The smallest absolute Gasteiger partial charge is 0.336 e. The van der Waals surface area contributed by atoms with Crippen molar-refractivity contribution in [3.63, 3.8) is 0 Å². The predicted molar refractivity (Wildman–Crippen MR) is 91.2 cm³/mol. The molecule has 7 heteroatoms. The Morgan fingerprint density at radius 3 is 2.81 bits per heavy atom. The molecule has 0 spiro atoms. The average Bonchev–Trinajstić information content (AvgIpc) is 3.12. The van der Waals surface area contributed by atoms with Gasteiger partial charge >= 0.3 is 11.6 Å². The number of rotatable bonds is 5. The molecule has 2 saturated heterocycles. The first kappa shape index (κ1) is 16.7. The van der Waals surface area contributed by atoms with Gasteiger partial charge in [0.05, 0.1) is 5.60 Å². The first-order valence-electron chi connectivity index (χ1n) is 8.31. The summed E-state index contributed by atoms with van der Waals surface area (Å²) in [6.45, 7) is 5.81. The number of cyclic esters (lactones) is 1. The van der Waals surface area contributed by atoms with E-state index in [1.807, 2.05) is 6.92 Å². The molecule has 1 aromatic heterocycles. The highest BCUT2D eigenvalue weighted by Gasteiger charge is 2.55. The van der Waals surface area contributed by atoms with Crippen LogP contribution >= 0.6 is 0 Å². The molecule has 0 radical (unpaired) electrons. The fourth-order valence-electron chi connectivity index (χ4n) is 3.26. The zero-order valence-electron chi connectivity index (χ0n) is 14.2. The highest BCUT2D eigenvalue weighted by Crippen LogP contribution is 2.43. The minimum atomic E-state index is -0.546. The van der Waals surface area contributed by atoms with E-state index in [-0.39, 0.29) is 41.9 Å². The van der Waals surface area contributed by atoms with Crippen LogP contribution in [0.5, 0.6) is 11.5 Å². The summed E-state index contributed by atoms with van der Waals surface area (Å²) in [5, 5.41) is 10.9. The van der Waals surface area contributed by atoms with Gasteiger partial charge in [0, 0.05) is 29.9 Å². The van der Waals surface area contributed by atoms with Gasteiger partial charge in [-0.2, -0.15) is 0 Å². The average molecular weight is 358 g/mol. The Hall–Kier alpha value is -2.80. The maximum atomic E-state index is 11.4. The lowest BCUT2D eigenvalue weighted by Crippen LogP contribution is -2.22. The molecular formula is C19H18O7. The Labute approximate surface area is 148 Å². The third kappa shape index (κ3) is 2.94. The quantitative estimate of drug-likeness (QED) is 0.379. The summed E-state index contributed by atoms with van der Waals surface area (Å²) in [5.41, 5.74) is -0.426. The second kappa shape index (κ2) is 5.88. The van der Waals surface area contributed by atoms with Crippen molar-refractivity contribution in [1.29, 1.82) is 0 Å². The number of phenolic OH excluding ortho intramolecular Hbond substituents is 1. The van der Waals surface area contributed by atoms with Gasteiger partial charge in [0.1, 0.15) is 18.8 Å². The van der Waals surface area contributed by atoms with Crippen LogP contribution in [0, 0.1) is 0 Å². The molecule has 0 amide bonds. The second-order valence-electron chi connectivity index (χ2n) is 6.85. The second-order valence-corrected chi connectivity index (χ2v) is 6.85. The van der Waals surface area contributed by atoms with Crippen molar-refractivity contribution in [2.24, 2.45) is 0 Å². The van der Waals surface area contributed by atoms with Crippen molar-refractivity contribution in [1.82, 2.24) is 0 Å². The van der Waals surface area contributed by atoms with Crippen molar-refractivity contribution in [3.05, 3.63) is 46.8 Å². The summed E-state index contributed by atoms with van der Waals surface area (Å²) in [6.07, 6.45) is 0.654. The van der Waals surface area contributed by atoms with Crippen molar-refractivity contribution >= 4 is 16.9 Å². The van der Waals surface area contributed by atoms with Crippen LogP contribution in [-0.4, -0.2) is 35.5 Å². The van der Waals surface area contributed by atoms with Gasteiger partial charge in [0.15, 0.2) is 11.3 Å². The number of phenols is 1. The largest absolute Gasteiger partial charge is 0.502 e.